The molecule has 0 aliphatic carbocycles. The van der Waals surface area contributed by atoms with Crippen molar-refractivity contribution >= 4 is 56.5 Å². The number of hydrogen-bond donors (Lipinski definition) is 0. The number of amidine groups is 1. The number of allylic oxidation sites excluding steroid dienone is 1. The second-order valence-corrected chi connectivity index (χ2v) is 17.1. The van der Waals surface area contributed by atoms with Gasteiger partial charge in [0.15, 0.2) is 0 Å². The topological polar surface area (TPSA) is 41.9 Å². The molecule has 1 aromatic carbocycles. The maximum absolute atomic E-state index is 13.1. The quantitative estimate of drug-likeness (QED) is 0.207. The summed E-state index contributed by atoms with van der Waals surface area (Å²) in [5.41, 5.74) is 1.18. The molecule has 29 heavy (non-hydrogen) atoms. The Hall–Kier alpha value is -0.474. The van der Waals surface area contributed by atoms with Crippen LogP contribution < -0.4 is 0 Å². The predicted octanol–water partition coefficient (Wildman–Crippen LogP) is 4.82. The van der Waals surface area contributed by atoms with E-state index in [2.05, 4.69) is 81.6 Å². The molecule has 158 valence electrons. The van der Waals surface area contributed by atoms with Gasteiger partial charge in [0.1, 0.15) is 0 Å². The number of amides is 1. The van der Waals surface area contributed by atoms with Crippen molar-refractivity contribution in [3.63, 3.8) is 0 Å². The van der Waals surface area contributed by atoms with E-state index < -0.39 is 8.32 Å². The number of aliphatic imine (C=N–C) groups is 1. The molecule has 0 aromatic heterocycles. The van der Waals surface area contributed by atoms with Crippen LogP contribution in [-0.2, 0) is 15.8 Å². The fourth-order valence-corrected chi connectivity index (χ4v) is 7.89. The molecule has 7 heteroatoms. The van der Waals surface area contributed by atoms with Crippen LogP contribution in [0.1, 0.15) is 33.3 Å². The molecule has 4 nitrogen and oxygen atoms in total. The number of fused-ring (bicyclic) bond motifs is 1. The van der Waals surface area contributed by atoms with Gasteiger partial charge in [-0.25, -0.2) is 0 Å². The molecule has 0 unspecified atom stereocenters. The summed E-state index contributed by atoms with van der Waals surface area (Å²) < 4.78 is 9.97. The van der Waals surface area contributed by atoms with Gasteiger partial charge >= 0.3 is 197 Å². The molecule has 0 bridgehead atoms. The molecular formula is C22H31IN2O2SeSi. The summed E-state index contributed by atoms with van der Waals surface area (Å²) in [6.07, 6.45) is 2.24. The van der Waals surface area contributed by atoms with E-state index >= 15 is 0 Å². The number of rotatable bonds is 6. The van der Waals surface area contributed by atoms with Crippen LogP contribution in [0, 0.1) is 5.92 Å². The number of alkyl halides is 1. The van der Waals surface area contributed by atoms with E-state index in [-0.39, 0.29) is 44.0 Å². The van der Waals surface area contributed by atoms with Crippen molar-refractivity contribution in [2.45, 2.75) is 64.5 Å². The average Bonchev–Trinajstić information content (AvgIpc) is 2.64. The van der Waals surface area contributed by atoms with E-state index in [9.17, 15) is 4.79 Å². The Kier molecular flexibility index (Phi) is 7.16. The molecule has 0 saturated carbocycles. The van der Waals surface area contributed by atoms with E-state index in [1.54, 1.807) is 0 Å². The van der Waals surface area contributed by atoms with Gasteiger partial charge in [-0.1, -0.05) is 0 Å². The van der Waals surface area contributed by atoms with Crippen LogP contribution in [0.15, 0.2) is 45.9 Å². The average molecular weight is 589 g/mol. The number of nitrogens with zero attached hydrogens (tertiary/aromatic N) is 2. The van der Waals surface area contributed by atoms with Crippen molar-refractivity contribution in [1.82, 2.24) is 4.90 Å². The first-order valence-corrected chi connectivity index (χ1v) is 16.2. The van der Waals surface area contributed by atoms with Crippen LogP contribution in [0.5, 0.6) is 0 Å². The molecule has 2 aliphatic rings. The zero-order chi connectivity index (χ0) is 21.4. The zero-order valence-electron chi connectivity index (χ0n) is 18.1. The second kappa shape index (κ2) is 8.95. The van der Waals surface area contributed by atoms with E-state index in [1.165, 1.54) is 10.0 Å². The third kappa shape index (κ3) is 4.90. The summed E-state index contributed by atoms with van der Waals surface area (Å²) in [6, 6.07) is 10.3. The second-order valence-electron chi connectivity index (χ2n) is 9.26. The Morgan fingerprint density at radius 1 is 1.28 bits per heavy atom. The minimum atomic E-state index is -1.92. The Morgan fingerprint density at radius 2 is 1.93 bits per heavy atom. The summed E-state index contributed by atoms with van der Waals surface area (Å²) in [5, 5.41) is 0.134. The van der Waals surface area contributed by atoms with E-state index in [0.29, 0.717) is 6.54 Å². The van der Waals surface area contributed by atoms with E-state index in [0.717, 1.165) is 9.16 Å². The van der Waals surface area contributed by atoms with Crippen molar-refractivity contribution in [1.29, 1.82) is 0 Å². The SMILES string of the molecule is C[C@@H](O[Si](C)(C)C(C)(C)C)[C@H]1C(=O)N2C(=NCc3ccccc3)[Se]C(CI)=C[C@H]12. The number of benzene rings is 1. The molecule has 0 N–H and O–H groups in total. The van der Waals surface area contributed by atoms with Crippen molar-refractivity contribution in [3.05, 3.63) is 46.4 Å². The standard InChI is InChI=1S/C22H31IN2O2SeSi/c1-15(27-29(5,6)22(2,3)4)19-18-12-17(13-23)28-21(25(18)20(19)26)24-14-16-10-8-7-9-11-16/h7-12,15,18-19H,13-14H2,1-6H3/t15-,18-,19-/m1/s1. The van der Waals surface area contributed by atoms with Gasteiger partial charge in [0.25, 0.3) is 0 Å². The molecular weight excluding hydrogens is 558 g/mol. The van der Waals surface area contributed by atoms with Gasteiger partial charge < -0.3 is 0 Å². The molecule has 0 radical (unpaired) electrons. The minimum absolute atomic E-state index is 0.0719. The number of hydrogen-bond acceptors (Lipinski definition) is 3. The molecule has 3 rings (SSSR count). The van der Waals surface area contributed by atoms with Gasteiger partial charge in [-0.15, -0.1) is 0 Å². The summed E-state index contributed by atoms with van der Waals surface area (Å²) in [6.45, 7) is 14.0. The van der Waals surface area contributed by atoms with Crippen LogP contribution in [0.2, 0.25) is 18.1 Å². The van der Waals surface area contributed by atoms with Crippen molar-refractivity contribution < 1.29 is 9.22 Å². The van der Waals surface area contributed by atoms with Gasteiger partial charge in [0, 0.05) is 0 Å². The summed E-state index contributed by atoms with van der Waals surface area (Å²) in [4.78, 5) is 20.0. The zero-order valence-corrected chi connectivity index (χ0v) is 23.0. The van der Waals surface area contributed by atoms with Crippen molar-refractivity contribution in [3.8, 4) is 0 Å². The molecule has 1 aromatic rings. The first-order valence-electron chi connectivity index (χ1n) is 10.1. The number of β-lactam (4-membered cyclic amide) rings is 1. The molecule has 1 fully saturated rings. The van der Waals surface area contributed by atoms with Crippen LogP contribution in [0.25, 0.3) is 0 Å². The van der Waals surface area contributed by atoms with E-state index in [4.69, 9.17) is 9.42 Å². The first-order chi connectivity index (χ1) is 13.5. The summed E-state index contributed by atoms with van der Waals surface area (Å²) >= 11 is 2.55. The van der Waals surface area contributed by atoms with Crippen LogP contribution in [0.4, 0.5) is 0 Å². The maximum atomic E-state index is 13.1. The summed E-state index contributed by atoms with van der Waals surface area (Å²) in [5.74, 6) is 0.0822. The van der Waals surface area contributed by atoms with Gasteiger partial charge in [-0.05, 0) is 0 Å². The Bertz CT molecular complexity index is 820. The van der Waals surface area contributed by atoms with Gasteiger partial charge in [0.05, 0.1) is 0 Å². The normalized spacial score (nSPS) is 24.8. The monoisotopic (exact) mass is 590 g/mol. The molecule has 1 saturated heterocycles. The molecule has 2 aliphatic heterocycles. The Morgan fingerprint density at radius 3 is 2.52 bits per heavy atom. The van der Waals surface area contributed by atoms with Gasteiger partial charge in [-0.3, -0.25) is 0 Å². The number of halogens is 1. The summed E-state index contributed by atoms with van der Waals surface area (Å²) in [7, 11) is -1.92. The third-order valence-electron chi connectivity index (χ3n) is 6.14. The van der Waals surface area contributed by atoms with Crippen LogP contribution >= 0.6 is 22.6 Å². The van der Waals surface area contributed by atoms with Crippen LogP contribution in [-0.4, -0.2) is 55.4 Å². The number of carbonyl (C=O) groups is 1. The Balaban J connectivity index is 1.79. The number of carbonyl (C=O) groups excluding carboxylic acids is 1. The third-order valence-corrected chi connectivity index (χ3v) is 14.9. The van der Waals surface area contributed by atoms with Gasteiger partial charge in [-0.2, -0.15) is 0 Å². The Labute approximate surface area is 196 Å². The molecule has 3 atom stereocenters. The molecule has 0 spiro atoms. The van der Waals surface area contributed by atoms with Crippen molar-refractivity contribution in [2.75, 3.05) is 4.43 Å². The van der Waals surface area contributed by atoms with Crippen LogP contribution in [0.3, 0.4) is 0 Å². The molecule has 2 heterocycles. The van der Waals surface area contributed by atoms with Gasteiger partial charge in [0.2, 0.25) is 0 Å². The fourth-order valence-electron chi connectivity index (χ4n) is 3.44. The van der Waals surface area contributed by atoms with Crippen molar-refractivity contribution in [2.24, 2.45) is 10.9 Å². The molecule has 1 amide bonds. The predicted molar refractivity (Wildman–Crippen MR) is 132 cm³/mol. The first kappa shape index (κ1) is 23.2. The van der Waals surface area contributed by atoms with E-state index in [1.807, 2.05) is 23.1 Å². The fraction of sp³-hybridized carbons (Fsp3) is 0.545.